The highest BCUT2D eigenvalue weighted by atomic mass is 16.4. The standard InChI is InChI=1S/C14H17NO4/c1-14(19,8-13(17)18)10-4-5-11-9(7-10)3-6-12(16)15(11)2/h4-5,7,19H,3,6,8H2,1-2H3,(H,17,18). The van der Waals surface area contributed by atoms with E-state index >= 15 is 0 Å². The lowest BCUT2D eigenvalue weighted by atomic mass is 9.89. The van der Waals surface area contributed by atoms with Crippen molar-refractivity contribution in [3.05, 3.63) is 29.3 Å². The van der Waals surface area contributed by atoms with Crippen molar-refractivity contribution in [1.29, 1.82) is 0 Å². The SMILES string of the molecule is CN1C(=O)CCc2cc(C(C)(O)CC(=O)O)ccc21. The predicted octanol–water partition coefficient (Wildman–Crippen LogP) is 1.28. The summed E-state index contributed by atoms with van der Waals surface area (Å²) in [5.41, 5.74) is 0.953. The van der Waals surface area contributed by atoms with Crippen molar-refractivity contribution in [2.24, 2.45) is 0 Å². The van der Waals surface area contributed by atoms with Crippen LogP contribution in [-0.4, -0.2) is 29.1 Å². The van der Waals surface area contributed by atoms with Gasteiger partial charge in [-0.1, -0.05) is 12.1 Å². The number of amides is 1. The molecule has 1 atom stereocenters. The van der Waals surface area contributed by atoms with Crippen LogP contribution in [0.15, 0.2) is 18.2 Å². The lowest BCUT2D eigenvalue weighted by Gasteiger charge is -2.28. The number of hydrogen-bond donors (Lipinski definition) is 2. The van der Waals surface area contributed by atoms with E-state index in [0.717, 1.165) is 11.3 Å². The molecule has 0 fully saturated rings. The molecule has 2 N–H and O–H groups in total. The van der Waals surface area contributed by atoms with Gasteiger partial charge >= 0.3 is 5.97 Å². The Morgan fingerprint density at radius 2 is 2.11 bits per heavy atom. The first kappa shape index (κ1) is 13.5. The van der Waals surface area contributed by atoms with Crippen molar-refractivity contribution in [2.45, 2.75) is 31.8 Å². The fraction of sp³-hybridized carbons (Fsp3) is 0.429. The number of fused-ring (bicyclic) bond motifs is 1. The van der Waals surface area contributed by atoms with Crippen LogP contribution in [-0.2, 0) is 21.6 Å². The second-order valence-electron chi connectivity index (χ2n) is 5.14. The molecule has 1 aromatic carbocycles. The number of anilines is 1. The van der Waals surface area contributed by atoms with Crippen molar-refractivity contribution in [3.63, 3.8) is 0 Å². The van der Waals surface area contributed by atoms with Gasteiger partial charge in [0.1, 0.15) is 0 Å². The van der Waals surface area contributed by atoms with Crippen LogP contribution in [0.2, 0.25) is 0 Å². The zero-order valence-corrected chi connectivity index (χ0v) is 11.0. The maximum absolute atomic E-state index is 11.6. The van der Waals surface area contributed by atoms with Crippen LogP contribution >= 0.6 is 0 Å². The smallest absolute Gasteiger partial charge is 0.306 e. The molecule has 0 saturated carbocycles. The van der Waals surface area contributed by atoms with Crippen LogP contribution in [0.3, 0.4) is 0 Å². The minimum atomic E-state index is -1.40. The van der Waals surface area contributed by atoms with Crippen LogP contribution in [0, 0.1) is 0 Å². The Hall–Kier alpha value is -1.88. The fourth-order valence-corrected chi connectivity index (χ4v) is 2.39. The Morgan fingerprint density at radius 3 is 2.74 bits per heavy atom. The third-order valence-electron chi connectivity index (χ3n) is 3.54. The normalized spacial score (nSPS) is 17.8. The molecule has 1 unspecified atom stereocenters. The molecular formula is C14H17NO4. The van der Waals surface area contributed by atoms with E-state index in [2.05, 4.69) is 0 Å². The van der Waals surface area contributed by atoms with Gasteiger partial charge in [-0.05, 0) is 30.5 Å². The lowest BCUT2D eigenvalue weighted by Crippen LogP contribution is -2.32. The Labute approximate surface area is 111 Å². The van der Waals surface area contributed by atoms with E-state index in [9.17, 15) is 14.7 Å². The number of nitrogens with zero attached hydrogens (tertiary/aromatic N) is 1. The Balaban J connectivity index is 2.37. The summed E-state index contributed by atoms with van der Waals surface area (Å²) in [4.78, 5) is 23.9. The third kappa shape index (κ3) is 2.61. The number of carbonyl (C=O) groups excluding carboxylic acids is 1. The van der Waals surface area contributed by atoms with Crippen molar-refractivity contribution in [3.8, 4) is 0 Å². The summed E-state index contributed by atoms with van der Waals surface area (Å²) in [6, 6.07) is 5.23. The van der Waals surface area contributed by atoms with E-state index in [1.54, 1.807) is 30.1 Å². The quantitative estimate of drug-likeness (QED) is 0.861. The maximum Gasteiger partial charge on any atom is 0.306 e. The number of hydrogen-bond acceptors (Lipinski definition) is 3. The molecule has 1 amide bonds. The number of aliphatic carboxylic acids is 1. The summed E-state index contributed by atoms with van der Waals surface area (Å²) in [5, 5.41) is 19.0. The number of rotatable bonds is 3. The number of carboxylic acids is 1. The van der Waals surface area contributed by atoms with Crippen LogP contribution in [0.1, 0.15) is 30.9 Å². The van der Waals surface area contributed by atoms with Gasteiger partial charge in [0.25, 0.3) is 0 Å². The zero-order valence-electron chi connectivity index (χ0n) is 11.0. The van der Waals surface area contributed by atoms with Gasteiger partial charge in [0.05, 0.1) is 12.0 Å². The number of carboxylic acid groups (broad SMARTS) is 1. The van der Waals surface area contributed by atoms with Crippen LogP contribution < -0.4 is 4.90 Å². The lowest BCUT2D eigenvalue weighted by molar-refractivity contribution is -0.142. The fourth-order valence-electron chi connectivity index (χ4n) is 2.39. The first-order chi connectivity index (χ1) is 8.81. The van der Waals surface area contributed by atoms with Gasteiger partial charge in [0, 0.05) is 19.2 Å². The summed E-state index contributed by atoms with van der Waals surface area (Å²) < 4.78 is 0. The molecule has 1 aliphatic heterocycles. The van der Waals surface area contributed by atoms with Crippen molar-refractivity contribution in [1.82, 2.24) is 0 Å². The number of aliphatic hydroxyl groups is 1. The van der Waals surface area contributed by atoms with Crippen LogP contribution in [0.5, 0.6) is 0 Å². The zero-order chi connectivity index (χ0) is 14.2. The molecule has 0 spiro atoms. The third-order valence-corrected chi connectivity index (χ3v) is 3.54. The first-order valence-corrected chi connectivity index (χ1v) is 6.15. The minimum Gasteiger partial charge on any atom is -0.481 e. The highest BCUT2D eigenvalue weighted by molar-refractivity contribution is 5.95. The Bertz CT molecular complexity index is 536. The molecule has 0 bridgehead atoms. The molecule has 0 aliphatic carbocycles. The maximum atomic E-state index is 11.6. The van der Waals surface area contributed by atoms with Crippen molar-refractivity contribution in [2.75, 3.05) is 11.9 Å². The molecule has 1 aromatic rings. The number of aryl methyl sites for hydroxylation is 1. The van der Waals surface area contributed by atoms with Crippen LogP contribution in [0.4, 0.5) is 5.69 Å². The Kier molecular flexibility index (Phi) is 3.32. The highest BCUT2D eigenvalue weighted by Crippen LogP contribution is 2.32. The largest absolute Gasteiger partial charge is 0.481 e. The summed E-state index contributed by atoms with van der Waals surface area (Å²) in [6.07, 6.45) is 0.712. The van der Waals surface area contributed by atoms with Crippen molar-refractivity contribution >= 4 is 17.6 Å². The second-order valence-corrected chi connectivity index (χ2v) is 5.14. The van der Waals surface area contributed by atoms with E-state index in [0.29, 0.717) is 18.4 Å². The molecule has 2 rings (SSSR count). The van der Waals surface area contributed by atoms with Crippen LogP contribution in [0.25, 0.3) is 0 Å². The van der Waals surface area contributed by atoms with Gasteiger partial charge in [-0.2, -0.15) is 0 Å². The predicted molar refractivity (Wildman–Crippen MR) is 70.0 cm³/mol. The molecule has 0 aromatic heterocycles. The molecule has 19 heavy (non-hydrogen) atoms. The molecule has 0 saturated heterocycles. The monoisotopic (exact) mass is 263 g/mol. The van der Waals surface area contributed by atoms with E-state index in [4.69, 9.17) is 5.11 Å². The van der Waals surface area contributed by atoms with E-state index in [-0.39, 0.29) is 12.3 Å². The van der Waals surface area contributed by atoms with Gasteiger partial charge < -0.3 is 15.1 Å². The summed E-state index contributed by atoms with van der Waals surface area (Å²) in [6.45, 7) is 1.49. The van der Waals surface area contributed by atoms with E-state index in [1.807, 2.05) is 0 Å². The topological polar surface area (TPSA) is 77.8 Å². The minimum absolute atomic E-state index is 0.0672. The molecule has 102 valence electrons. The molecule has 5 nitrogen and oxygen atoms in total. The number of benzene rings is 1. The molecule has 1 aliphatic rings. The molecule has 5 heteroatoms. The average Bonchev–Trinajstić information content (AvgIpc) is 2.32. The average molecular weight is 263 g/mol. The highest BCUT2D eigenvalue weighted by Gasteiger charge is 2.29. The van der Waals surface area contributed by atoms with E-state index in [1.165, 1.54) is 6.92 Å². The summed E-state index contributed by atoms with van der Waals surface area (Å²) in [7, 11) is 1.72. The summed E-state index contributed by atoms with van der Waals surface area (Å²) >= 11 is 0. The summed E-state index contributed by atoms with van der Waals surface area (Å²) in [5.74, 6) is -0.979. The van der Waals surface area contributed by atoms with Crippen molar-refractivity contribution < 1.29 is 19.8 Å². The van der Waals surface area contributed by atoms with E-state index < -0.39 is 11.6 Å². The Morgan fingerprint density at radius 1 is 1.42 bits per heavy atom. The number of carbonyl (C=O) groups is 2. The first-order valence-electron chi connectivity index (χ1n) is 6.15. The molecule has 0 radical (unpaired) electrons. The molecule has 1 heterocycles. The molecular weight excluding hydrogens is 246 g/mol. The van der Waals surface area contributed by atoms with Gasteiger partial charge in [-0.15, -0.1) is 0 Å². The second kappa shape index (κ2) is 4.66. The van der Waals surface area contributed by atoms with Gasteiger partial charge in [-0.25, -0.2) is 0 Å². The van der Waals surface area contributed by atoms with Gasteiger partial charge in [0.2, 0.25) is 5.91 Å². The van der Waals surface area contributed by atoms with Gasteiger partial charge in [-0.3, -0.25) is 9.59 Å². The van der Waals surface area contributed by atoms with Gasteiger partial charge in [0.15, 0.2) is 0 Å².